The summed E-state index contributed by atoms with van der Waals surface area (Å²) in [5, 5.41) is 20.9. The zero-order valence-electron chi connectivity index (χ0n) is 18.1. The molecule has 0 radical (unpaired) electrons. The molecule has 6 nitrogen and oxygen atoms in total. The number of hydrogen-bond donors (Lipinski definition) is 2. The number of carbonyl (C=O) groups is 1. The Balaban J connectivity index is 1.59. The lowest BCUT2D eigenvalue weighted by atomic mass is 9.92. The van der Waals surface area contributed by atoms with Gasteiger partial charge in [-0.1, -0.05) is 6.07 Å². The van der Waals surface area contributed by atoms with Gasteiger partial charge in [-0.15, -0.1) is 11.3 Å². The first-order chi connectivity index (χ1) is 15.3. The number of benzene rings is 2. The smallest absolute Gasteiger partial charge is 0.262 e. The monoisotopic (exact) mass is 445 g/mol. The van der Waals surface area contributed by atoms with E-state index >= 15 is 0 Å². The van der Waals surface area contributed by atoms with Gasteiger partial charge in [-0.25, -0.2) is 9.97 Å². The Morgan fingerprint density at radius 1 is 1.12 bits per heavy atom. The normalized spacial score (nSPS) is 15.7. The summed E-state index contributed by atoms with van der Waals surface area (Å²) in [6.07, 6.45) is 3.28. The summed E-state index contributed by atoms with van der Waals surface area (Å²) in [4.78, 5) is 26.3. The molecule has 3 heterocycles. The second-order valence-corrected chi connectivity index (χ2v) is 9.50. The number of fused-ring (bicyclic) bond motifs is 2. The van der Waals surface area contributed by atoms with E-state index in [0.717, 1.165) is 45.6 Å². The highest BCUT2D eigenvalue weighted by Crippen LogP contribution is 2.39. The van der Waals surface area contributed by atoms with Crippen molar-refractivity contribution in [2.75, 3.05) is 4.90 Å². The third-order valence-corrected chi connectivity index (χ3v) is 7.40. The van der Waals surface area contributed by atoms with Crippen LogP contribution in [0.25, 0.3) is 21.5 Å². The Bertz CT molecular complexity index is 1380. The van der Waals surface area contributed by atoms with Crippen molar-refractivity contribution < 1.29 is 15.0 Å². The molecule has 1 aliphatic rings. The van der Waals surface area contributed by atoms with E-state index in [-0.39, 0.29) is 29.0 Å². The Kier molecular flexibility index (Phi) is 4.86. The second-order valence-electron chi connectivity index (χ2n) is 8.29. The summed E-state index contributed by atoms with van der Waals surface area (Å²) < 4.78 is 0. The van der Waals surface area contributed by atoms with Crippen molar-refractivity contribution in [1.82, 2.24) is 9.97 Å². The molecule has 7 heteroatoms. The fraction of sp³-hybridized carbons (Fsp3) is 0.240. The predicted molar refractivity (Wildman–Crippen MR) is 127 cm³/mol. The number of phenols is 2. The fourth-order valence-electron chi connectivity index (χ4n) is 4.44. The minimum atomic E-state index is -0.280. The highest BCUT2D eigenvalue weighted by molar-refractivity contribution is 7.18. The number of thiophene rings is 1. The van der Waals surface area contributed by atoms with E-state index < -0.39 is 0 Å². The fourth-order valence-corrected chi connectivity index (χ4v) is 5.44. The summed E-state index contributed by atoms with van der Waals surface area (Å²) >= 11 is 1.68. The first kappa shape index (κ1) is 20.5. The number of carbonyl (C=O) groups excluding carboxylic acids is 1. The molecule has 1 amide bonds. The molecule has 0 fully saturated rings. The van der Waals surface area contributed by atoms with Crippen molar-refractivity contribution in [2.45, 2.75) is 39.7 Å². The Labute approximate surface area is 189 Å². The first-order valence-corrected chi connectivity index (χ1v) is 11.4. The van der Waals surface area contributed by atoms with E-state index in [1.165, 1.54) is 28.6 Å². The highest BCUT2D eigenvalue weighted by Gasteiger charge is 2.31. The van der Waals surface area contributed by atoms with Gasteiger partial charge in [0.2, 0.25) is 0 Å². The molecule has 2 N–H and O–H groups in total. The Morgan fingerprint density at radius 3 is 2.72 bits per heavy atom. The minimum absolute atomic E-state index is 0.0124. The average molecular weight is 446 g/mol. The van der Waals surface area contributed by atoms with E-state index in [1.807, 2.05) is 19.1 Å². The number of aromatic hydroxyl groups is 2. The molecule has 0 saturated heterocycles. The van der Waals surface area contributed by atoms with Crippen LogP contribution >= 0.6 is 11.3 Å². The van der Waals surface area contributed by atoms with Gasteiger partial charge in [-0.05, 0) is 69.0 Å². The van der Waals surface area contributed by atoms with Gasteiger partial charge < -0.3 is 15.1 Å². The van der Waals surface area contributed by atoms with Gasteiger partial charge >= 0.3 is 0 Å². The summed E-state index contributed by atoms with van der Waals surface area (Å²) in [7, 11) is 0. The SMILES string of the molecule is Cc1sc2ncnc(-c3ccc4c(c3)CC[C@H](C)N4C(=O)c3ccc(O)cc3O)c2c1C. The molecular formula is C25H23N3O3S. The molecule has 4 aromatic rings. The number of phenolic OH excluding ortho intramolecular Hbond substituents is 2. The van der Waals surface area contributed by atoms with Crippen LogP contribution in [0.4, 0.5) is 5.69 Å². The number of nitrogens with zero attached hydrogens (tertiary/aromatic N) is 3. The maximum atomic E-state index is 13.3. The third kappa shape index (κ3) is 3.20. The van der Waals surface area contributed by atoms with Crippen molar-refractivity contribution in [3.63, 3.8) is 0 Å². The van der Waals surface area contributed by atoms with Gasteiger partial charge in [0.1, 0.15) is 22.7 Å². The van der Waals surface area contributed by atoms with Gasteiger partial charge in [-0.2, -0.15) is 0 Å². The lowest BCUT2D eigenvalue weighted by Gasteiger charge is -2.35. The lowest BCUT2D eigenvalue weighted by molar-refractivity contribution is 0.0972. The van der Waals surface area contributed by atoms with E-state index in [4.69, 9.17) is 0 Å². The topological polar surface area (TPSA) is 86.6 Å². The molecule has 0 aliphatic carbocycles. The third-order valence-electron chi connectivity index (χ3n) is 6.28. The first-order valence-electron chi connectivity index (χ1n) is 10.5. The molecule has 32 heavy (non-hydrogen) atoms. The van der Waals surface area contributed by atoms with Crippen LogP contribution in [0.15, 0.2) is 42.7 Å². The molecule has 2 aromatic heterocycles. The predicted octanol–water partition coefficient (Wildman–Crippen LogP) is 5.37. The highest BCUT2D eigenvalue weighted by atomic mass is 32.1. The molecule has 0 spiro atoms. The quantitative estimate of drug-likeness (QED) is 0.433. The van der Waals surface area contributed by atoms with E-state index in [1.54, 1.807) is 22.6 Å². The standard InChI is InChI=1S/C25H23N3O3S/c1-13-4-5-16-10-17(23-22-14(2)15(3)32-24(22)27-12-26-23)6-9-20(16)28(13)25(31)19-8-7-18(29)11-21(19)30/h6-13,29-30H,4-5H2,1-3H3/t13-/m0/s1. The van der Waals surface area contributed by atoms with E-state index in [2.05, 4.69) is 29.9 Å². The molecule has 162 valence electrons. The van der Waals surface area contributed by atoms with Crippen LogP contribution < -0.4 is 4.90 Å². The van der Waals surface area contributed by atoms with E-state index in [9.17, 15) is 15.0 Å². The zero-order valence-corrected chi connectivity index (χ0v) is 18.9. The van der Waals surface area contributed by atoms with Crippen molar-refractivity contribution in [3.8, 4) is 22.8 Å². The Morgan fingerprint density at radius 2 is 1.94 bits per heavy atom. The molecule has 2 aromatic carbocycles. The van der Waals surface area contributed by atoms with Crippen LogP contribution in [0, 0.1) is 13.8 Å². The molecule has 0 saturated carbocycles. The maximum Gasteiger partial charge on any atom is 0.262 e. The summed E-state index contributed by atoms with van der Waals surface area (Å²) in [5.41, 5.74) is 5.20. The van der Waals surface area contributed by atoms with Gasteiger partial charge in [0.15, 0.2) is 0 Å². The summed E-state index contributed by atoms with van der Waals surface area (Å²) in [6.45, 7) is 6.21. The van der Waals surface area contributed by atoms with Crippen LogP contribution in [0.5, 0.6) is 11.5 Å². The van der Waals surface area contributed by atoms with Gasteiger partial charge in [0.25, 0.3) is 5.91 Å². The van der Waals surface area contributed by atoms with Crippen molar-refractivity contribution in [3.05, 3.63) is 64.3 Å². The van der Waals surface area contributed by atoms with Gasteiger partial charge in [0, 0.05) is 33.6 Å². The molecule has 5 rings (SSSR count). The molecular weight excluding hydrogens is 422 g/mol. The van der Waals surface area contributed by atoms with Crippen LogP contribution in [0.3, 0.4) is 0 Å². The van der Waals surface area contributed by atoms with Crippen LogP contribution in [-0.2, 0) is 6.42 Å². The van der Waals surface area contributed by atoms with Gasteiger partial charge in [0.05, 0.1) is 11.3 Å². The second kappa shape index (κ2) is 7.60. The molecule has 0 bridgehead atoms. The summed E-state index contributed by atoms with van der Waals surface area (Å²) in [5.74, 6) is -0.582. The number of rotatable bonds is 2. The minimum Gasteiger partial charge on any atom is -0.508 e. The van der Waals surface area contributed by atoms with E-state index in [0.29, 0.717) is 0 Å². The number of amides is 1. The van der Waals surface area contributed by atoms with Crippen molar-refractivity contribution >= 4 is 33.1 Å². The molecule has 1 aliphatic heterocycles. The lowest BCUT2D eigenvalue weighted by Crippen LogP contribution is -2.42. The molecule has 0 unspecified atom stereocenters. The van der Waals surface area contributed by atoms with Crippen LogP contribution in [0.2, 0.25) is 0 Å². The number of aromatic nitrogens is 2. The number of aryl methyl sites for hydroxylation is 3. The van der Waals surface area contributed by atoms with Crippen molar-refractivity contribution in [1.29, 1.82) is 0 Å². The molecule has 1 atom stereocenters. The largest absolute Gasteiger partial charge is 0.508 e. The number of hydrogen-bond acceptors (Lipinski definition) is 6. The van der Waals surface area contributed by atoms with Crippen molar-refractivity contribution in [2.24, 2.45) is 0 Å². The van der Waals surface area contributed by atoms with Crippen LogP contribution in [-0.4, -0.2) is 32.1 Å². The maximum absolute atomic E-state index is 13.3. The zero-order chi connectivity index (χ0) is 22.6. The Hall–Kier alpha value is -3.45. The van der Waals surface area contributed by atoms with Gasteiger partial charge in [-0.3, -0.25) is 4.79 Å². The van der Waals surface area contributed by atoms with Crippen LogP contribution in [0.1, 0.15) is 39.7 Å². The number of anilines is 1. The summed E-state index contributed by atoms with van der Waals surface area (Å²) in [6, 6.07) is 10.1. The average Bonchev–Trinajstić information content (AvgIpc) is 3.06.